The molecule has 57 heavy (non-hydrogen) atoms. The fourth-order valence-corrected chi connectivity index (χ4v) is 11.5. The molecule has 8 heteroatoms. The predicted octanol–water partition coefficient (Wildman–Crippen LogP) is 14.1. The molecule has 7 aromatic carbocycles. The van der Waals surface area contributed by atoms with Crippen LogP contribution in [0.3, 0.4) is 0 Å². The summed E-state index contributed by atoms with van der Waals surface area (Å²) in [5, 5.41) is 5.90. The van der Waals surface area contributed by atoms with E-state index in [9.17, 15) is 0 Å². The Labute approximate surface area is 338 Å². The van der Waals surface area contributed by atoms with E-state index in [0.717, 1.165) is 69.3 Å². The third-order valence-corrected chi connectivity index (χ3v) is 14.1. The molecule has 12 rings (SSSR count). The summed E-state index contributed by atoms with van der Waals surface area (Å²) in [7, 11) is 0. The van der Waals surface area contributed by atoms with Gasteiger partial charge in [-0.05, 0) is 30.3 Å². The van der Waals surface area contributed by atoms with Crippen molar-refractivity contribution in [2.75, 3.05) is 0 Å². The largest absolute Gasteiger partial charge is 0.226 e. The maximum absolute atomic E-state index is 5.34. The Hall–Kier alpha value is -6.71. The van der Waals surface area contributed by atoms with Crippen LogP contribution in [0.4, 0.5) is 0 Å². The molecule has 0 N–H and O–H groups in total. The van der Waals surface area contributed by atoms with Gasteiger partial charge < -0.3 is 0 Å². The van der Waals surface area contributed by atoms with Gasteiger partial charge in [0.15, 0.2) is 23.3 Å². The van der Waals surface area contributed by atoms with Crippen LogP contribution >= 0.6 is 34.0 Å². The summed E-state index contributed by atoms with van der Waals surface area (Å²) >= 11 is 5.31. The van der Waals surface area contributed by atoms with E-state index in [2.05, 4.69) is 140 Å². The second-order valence-electron chi connectivity index (χ2n) is 14.0. The minimum atomic E-state index is 0.639. The highest BCUT2D eigenvalue weighted by Crippen LogP contribution is 2.45. The third-order valence-electron chi connectivity index (χ3n) is 10.6. The summed E-state index contributed by atoms with van der Waals surface area (Å²) < 4.78 is 7.06. The van der Waals surface area contributed by atoms with Crippen LogP contribution in [0.25, 0.3) is 117 Å². The Bertz CT molecular complexity index is 3530. The molecule has 0 atom stereocenters. The molecule has 0 amide bonds. The van der Waals surface area contributed by atoms with Crippen LogP contribution in [0.1, 0.15) is 0 Å². The molecule has 0 aliphatic heterocycles. The molecule has 0 radical (unpaired) electrons. The van der Waals surface area contributed by atoms with Gasteiger partial charge in [0, 0.05) is 78.2 Å². The summed E-state index contributed by atoms with van der Waals surface area (Å²) in [6.45, 7) is 0. The molecule has 5 aromatic heterocycles. The van der Waals surface area contributed by atoms with Crippen molar-refractivity contribution in [3.8, 4) is 56.8 Å². The first-order valence-corrected chi connectivity index (χ1v) is 21.1. The Balaban J connectivity index is 1.07. The van der Waals surface area contributed by atoms with Crippen molar-refractivity contribution in [1.29, 1.82) is 0 Å². The zero-order valence-corrected chi connectivity index (χ0v) is 32.5. The standard InChI is InChI=1S/C49H27N5S3/c1-3-13-28(14-4-1)42-45-43(33-18-8-10-23-38(33)56-45)51-49(50-42)36-21-11-19-34-41-35(20-12-24-39(41)57-44(34)36)48-53-46(29-15-5-2-6-16-29)52-47(54-48)30-25-26-32-31-17-7-9-22-37(31)55-40(32)27-30/h1-27H. The van der Waals surface area contributed by atoms with E-state index in [1.807, 2.05) is 24.3 Å². The highest BCUT2D eigenvalue weighted by molar-refractivity contribution is 7.27. The van der Waals surface area contributed by atoms with Crippen LogP contribution in [0.5, 0.6) is 0 Å². The van der Waals surface area contributed by atoms with Gasteiger partial charge in [-0.3, -0.25) is 0 Å². The third kappa shape index (κ3) is 5.29. The summed E-state index contributed by atoms with van der Waals surface area (Å²) in [4.78, 5) is 26.2. The van der Waals surface area contributed by atoms with Crippen LogP contribution < -0.4 is 0 Å². The van der Waals surface area contributed by atoms with E-state index >= 15 is 0 Å². The maximum atomic E-state index is 5.34. The van der Waals surface area contributed by atoms with Crippen LogP contribution in [-0.2, 0) is 0 Å². The monoisotopic (exact) mass is 781 g/mol. The van der Waals surface area contributed by atoms with Crippen LogP contribution in [0.15, 0.2) is 164 Å². The molecule has 0 aliphatic carbocycles. The lowest BCUT2D eigenvalue weighted by atomic mass is 10.0. The smallest absolute Gasteiger partial charge is 0.164 e. The number of aromatic nitrogens is 5. The first-order chi connectivity index (χ1) is 28.2. The minimum Gasteiger partial charge on any atom is -0.226 e. The predicted molar refractivity (Wildman–Crippen MR) is 241 cm³/mol. The van der Waals surface area contributed by atoms with E-state index < -0.39 is 0 Å². The normalized spacial score (nSPS) is 11.9. The Morgan fingerprint density at radius 1 is 0.316 bits per heavy atom. The zero-order chi connectivity index (χ0) is 37.5. The van der Waals surface area contributed by atoms with Gasteiger partial charge in [0.1, 0.15) is 0 Å². The number of fused-ring (bicyclic) bond motifs is 9. The molecule has 0 spiro atoms. The van der Waals surface area contributed by atoms with Crippen LogP contribution in [0.2, 0.25) is 0 Å². The van der Waals surface area contributed by atoms with Crippen LogP contribution in [0, 0.1) is 0 Å². The number of thiophene rings is 3. The molecule has 5 heterocycles. The summed E-state index contributed by atoms with van der Waals surface area (Å²) in [6, 6.07) is 57.2. The first kappa shape index (κ1) is 32.5. The number of benzene rings is 7. The van der Waals surface area contributed by atoms with E-state index in [4.69, 9.17) is 24.9 Å². The van der Waals surface area contributed by atoms with Crippen molar-refractivity contribution in [2.24, 2.45) is 0 Å². The summed E-state index contributed by atoms with van der Waals surface area (Å²) in [5.74, 6) is 2.64. The van der Waals surface area contributed by atoms with Crippen molar-refractivity contribution >= 4 is 94.7 Å². The highest BCUT2D eigenvalue weighted by Gasteiger charge is 2.22. The lowest BCUT2D eigenvalue weighted by Crippen LogP contribution is -2.00. The fraction of sp³-hybridized carbons (Fsp3) is 0. The van der Waals surface area contributed by atoms with Crippen molar-refractivity contribution in [2.45, 2.75) is 0 Å². The Morgan fingerprint density at radius 2 is 0.895 bits per heavy atom. The second-order valence-corrected chi connectivity index (χ2v) is 17.2. The molecule has 0 aliphatic rings. The lowest BCUT2D eigenvalue weighted by Gasteiger charge is -2.10. The molecule has 12 aromatic rings. The van der Waals surface area contributed by atoms with Gasteiger partial charge in [-0.25, -0.2) is 24.9 Å². The van der Waals surface area contributed by atoms with E-state index in [1.165, 1.54) is 24.9 Å². The quantitative estimate of drug-likeness (QED) is 0.174. The number of nitrogens with zero attached hydrogens (tertiary/aromatic N) is 5. The molecule has 5 nitrogen and oxygen atoms in total. The van der Waals surface area contributed by atoms with E-state index in [1.54, 1.807) is 34.0 Å². The number of hydrogen-bond acceptors (Lipinski definition) is 8. The summed E-state index contributed by atoms with van der Waals surface area (Å²) in [6.07, 6.45) is 0. The molecule has 0 unspecified atom stereocenters. The first-order valence-electron chi connectivity index (χ1n) is 18.7. The minimum absolute atomic E-state index is 0.639. The van der Waals surface area contributed by atoms with Gasteiger partial charge in [0.05, 0.1) is 15.9 Å². The van der Waals surface area contributed by atoms with E-state index in [-0.39, 0.29) is 0 Å². The molecular weight excluding hydrogens is 755 g/mol. The Kier molecular flexibility index (Phi) is 7.38. The summed E-state index contributed by atoms with van der Waals surface area (Å²) in [5.41, 5.74) is 6.89. The van der Waals surface area contributed by atoms with Gasteiger partial charge >= 0.3 is 0 Å². The molecule has 0 fully saturated rings. The van der Waals surface area contributed by atoms with Gasteiger partial charge in [0.2, 0.25) is 0 Å². The van der Waals surface area contributed by atoms with Crippen molar-refractivity contribution in [1.82, 2.24) is 24.9 Å². The van der Waals surface area contributed by atoms with Gasteiger partial charge in [-0.2, -0.15) is 0 Å². The van der Waals surface area contributed by atoms with E-state index in [0.29, 0.717) is 23.3 Å². The average molecular weight is 782 g/mol. The fourth-order valence-electron chi connectivity index (χ4n) is 7.92. The topological polar surface area (TPSA) is 64.5 Å². The Morgan fingerprint density at radius 3 is 1.72 bits per heavy atom. The van der Waals surface area contributed by atoms with Crippen molar-refractivity contribution in [3.63, 3.8) is 0 Å². The maximum Gasteiger partial charge on any atom is 0.164 e. The van der Waals surface area contributed by atoms with Crippen molar-refractivity contribution < 1.29 is 0 Å². The number of hydrogen-bond donors (Lipinski definition) is 0. The molecular formula is C49H27N5S3. The van der Waals surface area contributed by atoms with Gasteiger partial charge in [-0.15, -0.1) is 34.0 Å². The van der Waals surface area contributed by atoms with Crippen LogP contribution in [-0.4, -0.2) is 24.9 Å². The highest BCUT2D eigenvalue weighted by atomic mass is 32.1. The lowest BCUT2D eigenvalue weighted by molar-refractivity contribution is 1.08. The molecule has 0 bridgehead atoms. The van der Waals surface area contributed by atoms with Crippen molar-refractivity contribution in [3.05, 3.63) is 164 Å². The molecule has 0 saturated carbocycles. The molecule has 0 saturated heterocycles. The second kappa shape index (κ2) is 12.9. The van der Waals surface area contributed by atoms with Gasteiger partial charge in [0.25, 0.3) is 0 Å². The van der Waals surface area contributed by atoms with Gasteiger partial charge in [-0.1, -0.05) is 133 Å². The SMILES string of the molecule is c1ccc(-c2nc(-c3ccc4c(c3)sc3ccccc34)nc(-c3cccc4sc5c(-c6nc(-c7ccccc7)c7sc8ccccc8c7n6)cccc5c34)n2)cc1. The number of rotatable bonds is 5. The average Bonchev–Trinajstić information content (AvgIpc) is 3.97. The molecule has 266 valence electrons. The zero-order valence-electron chi connectivity index (χ0n) is 30.0.